The van der Waals surface area contributed by atoms with Crippen LogP contribution in [0.1, 0.15) is 31.0 Å². The van der Waals surface area contributed by atoms with Gasteiger partial charge in [-0.15, -0.1) is 0 Å². The van der Waals surface area contributed by atoms with Crippen LogP contribution in [0.5, 0.6) is 5.75 Å². The molecule has 21 heavy (non-hydrogen) atoms. The first kappa shape index (κ1) is 15.9. The summed E-state index contributed by atoms with van der Waals surface area (Å²) >= 11 is 3.57. The number of ether oxygens (including phenoxy) is 1. The van der Waals surface area contributed by atoms with Crippen LogP contribution in [0, 0.1) is 0 Å². The molecule has 0 aliphatic heterocycles. The summed E-state index contributed by atoms with van der Waals surface area (Å²) in [6, 6.07) is 14.1. The standard InChI is InChI=1S/C17H20BrNO2/c1-3-21-17-9-8-14(10-13(17)11-20)19-12(2)15-6-4-5-7-16(15)18/h4-10,12,19-20H,3,11H2,1-2H3. The molecule has 0 spiro atoms. The van der Waals surface area contributed by atoms with E-state index in [2.05, 4.69) is 34.2 Å². The first-order valence-corrected chi connectivity index (χ1v) is 7.82. The van der Waals surface area contributed by atoms with E-state index in [1.165, 1.54) is 5.56 Å². The number of rotatable bonds is 6. The zero-order valence-electron chi connectivity index (χ0n) is 12.3. The monoisotopic (exact) mass is 349 g/mol. The Hall–Kier alpha value is -1.52. The highest BCUT2D eigenvalue weighted by Gasteiger charge is 2.10. The van der Waals surface area contributed by atoms with Gasteiger partial charge in [0, 0.05) is 21.8 Å². The number of halogens is 1. The molecule has 0 fully saturated rings. The van der Waals surface area contributed by atoms with Crippen LogP contribution in [0.3, 0.4) is 0 Å². The molecule has 2 aromatic carbocycles. The molecular weight excluding hydrogens is 330 g/mol. The Labute approximate surface area is 134 Å². The van der Waals surface area contributed by atoms with Crippen LogP contribution in [0.2, 0.25) is 0 Å². The highest BCUT2D eigenvalue weighted by molar-refractivity contribution is 9.10. The van der Waals surface area contributed by atoms with E-state index in [1.807, 2.05) is 43.3 Å². The third-order valence-corrected chi connectivity index (χ3v) is 4.01. The quantitative estimate of drug-likeness (QED) is 0.805. The summed E-state index contributed by atoms with van der Waals surface area (Å²) in [7, 11) is 0. The van der Waals surface area contributed by atoms with Gasteiger partial charge in [0.25, 0.3) is 0 Å². The molecule has 2 rings (SSSR count). The van der Waals surface area contributed by atoms with Crippen molar-refractivity contribution >= 4 is 21.6 Å². The van der Waals surface area contributed by atoms with E-state index in [1.54, 1.807) is 0 Å². The molecule has 0 saturated heterocycles. The third kappa shape index (κ3) is 3.99. The molecular formula is C17H20BrNO2. The lowest BCUT2D eigenvalue weighted by atomic mass is 10.1. The van der Waals surface area contributed by atoms with E-state index in [4.69, 9.17) is 4.74 Å². The molecule has 4 heteroatoms. The van der Waals surface area contributed by atoms with Gasteiger partial charge >= 0.3 is 0 Å². The van der Waals surface area contributed by atoms with Crippen molar-refractivity contribution in [3.05, 3.63) is 58.1 Å². The summed E-state index contributed by atoms with van der Waals surface area (Å²) in [5.74, 6) is 0.735. The van der Waals surface area contributed by atoms with Crippen molar-refractivity contribution in [2.45, 2.75) is 26.5 Å². The largest absolute Gasteiger partial charge is 0.494 e. The highest BCUT2D eigenvalue weighted by atomic mass is 79.9. The fourth-order valence-corrected chi connectivity index (χ4v) is 2.87. The van der Waals surface area contributed by atoms with Crippen molar-refractivity contribution in [2.24, 2.45) is 0 Å². The first-order chi connectivity index (χ1) is 10.2. The van der Waals surface area contributed by atoms with Crippen molar-refractivity contribution in [1.29, 1.82) is 0 Å². The van der Waals surface area contributed by atoms with E-state index in [-0.39, 0.29) is 12.6 Å². The van der Waals surface area contributed by atoms with E-state index in [0.29, 0.717) is 6.61 Å². The second-order valence-corrected chi connectivity index (χ2v) is 5.66. The van der Waals surface area contributed by atoms with Gasteiger partial charge in [-0.25, -0.2) is 0 Å². The smallest absolute Gasteiger partial charge is 0.124 e. The number of hydrogen-bond donors (Lipinski definition) is 2. The lowest BCUT2D eigenvalue weighted by Crippen LogP contribution is -2.08. The van der Waals surface area contributed by atoms with Gasteiger partial charge in [0.05, 0.1) is 13.2 Å². The Morgan fingerprint density at radius 3 is 2.67 bits per heavy atom. The van der Waals surface area contributed by atoms with Crippen molar-refractivity contribution in [2.75, 3.05) is 11.9 Å². The number of benzene rings is 2. The molecule has 1 atom stereocenters. The van der Waals surface area contributed by atoms with Crippen molar-refractivity contribution in [1.82, 2.24) is 0 Å². The van der Waals surface area contributed by atoms with Crippen molar-refractivity contribution in [3.8, 4) is 5.75 Å². The minimum absolute atomic E-state index is 0.0335. The zero-order chi connectivity index (χ0) is 15.2. The summed E-state index contributed by atoms with van der Waals surface area (Å²) in [6.45, 7) is 4.60. The Bertz CT molecular complexity index is 601. The molecule has 0 aliphatic carbocycles. The molecule has 0 heterocycles. The predicted molar refractivity (Wildman–Crippen MR) is 89.7 cm³/mol. The van der Waals surface area contributed by atoms with Gasteiger partial charge in [-0.1, -0.05) is 34.1 Å². The predicted octanol–water partition coefficient (Wildman–Crippen LogP) is 4.51. The van der Waals surface area contributed by atoms with Crippen LogP contribution in [0.25, 0.3) is 0 Å². The maximum absolute atomic E-state index is 9.45. The first-order valence-electron chi connectivity index (χ1n) is 7.03. The van der Waals surface area contributed by atoms with Gasteiger partial charge < -0.3 is 15.2 Å². The third-order valence-electron chi connectivity index (χ3n) is 3.29. The van der Waals surface area contributed by atoms with Crippen LogP contribution in [-0.4, -0.2) is 11.7 Å². The maximum atomic E-state index is 9.45. The lowest BCUT2D eigenvalue weighted by molar-refractivity contribution is 0.267. The SMILES string of the molecule is CCOc1ccc(NC(C)c2ccccc2Br)cc1CO. The van der Waals surface area contributed by atoms with E-state index < -0.39 is 0 Å². The Balaban J connectivity index is 2.18. The highest BCUT2D eigenvalue weighted by Crippen LogP contribution is 2.28. The van der Waals surface area contributed by atoms with Gasteiger partial charge in [0.15, 0.2) is 0 Å². The second-order valence-electron chi connectivity index (χ2n) is 4.80. The average molecular weight is 350 g/mol. The molecule has 0 amide bonds. The van der Waals surface area contributed by atoms with Crippen LogP contribution < -0.4 is 10.1 Å². The van der Waals surface area contributed by atoms with Crippen LogP contribution in [0.4, 0.5) is 5.69 Å². The molecule has 0 radical (unpaired) electrons. The second kappa shape index (κ2) is 7.48. The zero-order valence-corrected chi connectivity index (χ0v) is 13.9. The van der Waals surface area contributed by atoms with E-state index in [0.717, 1.165) is 21.5 Å². The number of aliphatic hydroxyl groups is 1. The Morgan fingerprint density at radius 1 is 1.24 bits per heavy atom. The minimum Gasteiger partial charge on any atom is -0.494 e. The molecule has 3 nitrogen and oxygen atoms in total. The summed E-state index contributed by atoms with van der Waals surface area (Å²) in [4.78, 5) is 0. The molecule has 0 aliphatic rings. The Kier molecular flexibility index (Phi) is 5.65. The fourth-order valence-electron chi connectivity index (χ4n) is 2.24. The number of nitrogens with one attached hydrogen (secondary N) is 1. The summed E-state index contributed by atoms with van der Waals surface area (Å²) < 4.78 is 6.58. The van der Waals surface area contributed by atoms with Crippen molar-refractivity contribution in [3.63, 3.8) is 0 Å². The van der Waals surface area contributed by atoms with Gasteiger partial charge in [-0.2, -0.15) is 0 Å². The van der Waals surface area contributed by atoms with Crippen LogP contribution >= 0.6 is 15.9 Å². The molecule has 0 bridgehead atoms. The van der Waals surface area contributed by atoms with Gasteiger partial charge in [0.1, 0.15) is 5.75 Å². The maximum Gasteiger partial charge on any atom is 0.124 e. The van der Waals surface area contributed by atoms with Crippen molar-refractivity contribution < 1.29 is 9.84 Å². The average Bonchev–Trinajstić information content (AvgIpc) is 2.49. The van der Waals surface area contributed by atoms with E-state index in [9.17, 15) is 5.11 Å². The summed E-state index contributed by atoms with van der Waals surface area (Å²) in [5, 5.41) is 12.9. The topological polar surface area (TPSA) is 41.5 Å². The van der Waals surface area contributed by atoms with E-state index >= 15 is 0 Å². The molecule has 112 valence electrons. The normalized spacial score (nSPS) is 12.0. The Morgan fingerprint density at radius 2 is 2.00 bits per heavy atom. The number of aliphatic hydroxyl groups excluding tert-OH is 1. The van der Waals surface area contributed by atoms with Gasteiger partial charge in [-0.3, -0.25) is 0 Å². The molecule has 1 unspecified atom stereocenters. The van der Waals surface area contributed by atoms with Gasteiger partial charge in [0.2, 0.25) is 0 Å². The minimum atomic E-state index is -0.0335. The molecule has 2 N–H and O–H groups in total. The lowest BCUT2D eigenvalue weighted by Gasteiger charge is -2.18. The van der Waals surface area contributed by atoms with Gasteiger partial charge in [-0.05, 0) is 43.7 Å². The molecule has 0 aromatic heterocycles. The van der Waals surface area contributed by atoms with Crippen LogP contribution in [0.15, 0.2) is 46.9 Å². The summed E-state index contributed by atoms with van der Waals surface area (Å²) in [5.41, 5.74) is 2.95. The molecule has 0 saturated carbocycles. The number of hydrogen-bond acceptors (Lipinski definition) is 3. The summed E-state index contributed by atoms with van der Waals surface area (Å²) in [6.07, 6.45) is 0. The number of anilines is 1. The van der Waals surface area contributed by atoms with Crippen LogP contribution in [-0.2, 0) is 6.61 Å². The fraction of sp³-hybridized carbons (Fsp3) is 0.294. The molecule has 2 aromatic rings.